The zero-order chi connectivity index (χ0) is 25.7. The summed E-state index contributed by atoms with van der Waals surface area (Å²) < 4.78 is 18.3. The number of rotatable bonds is 11. The van der Waals surface area contributed by atoms with E-state index in [-0.39, 0.29) is 5.78 Å². The van der Waals surface area contributed by atoms with E-state index >= 15 is 0 Å². The average Bonchev–Trinajstić information content (AvgIpc) is 3.24. The minimum Gasteiger partial charge on any atom is -0.497 e. The van der Waals surface area contributed by atoms with Crippen molar-refractivity contribution in [2.45, 2.75) is 32.9 Å². The Kier molecular flexibility index (Phi) is 7.53. The molecule has 0 radical (unpaired) electrons. The van der Waals surface area contributed by atoms with E-state index in [0.29, 0.717) is 52.7 Å². The largest absolute Gasteiger partial charge is 0.497 e. The van der Waals surface area contributed by atoms with Crippen molar-refractivity contribution in [3.63, 3.8) is 0 Å². The fourth-order valence-electron chi connectivity index (χ4n) is 3.80. The van der Waals surface area contributed by atoms with Gasteiger partial charge < -0.3 is 23.9 Å². The molecule has 0 bridgehead atoms. The molecule has 8 nitrogen and oxygen atoms in total. The molecule has 1 unspecified atom stereocenters. The molecule has 4 aromatic rings. The molecular formula is C28H28N2O6. The minimum atomic E-state index is -1.04. The van der Waals surface area contributed by atoms with Crippen molar-refractivity contribution in [2.75, 3.05) is 13.7 Å². The first kappa shape index (κ1) is 24.8. The summed E-state index contributed by atoms with van der Waals surface area (Å²) in [5.74, 6) is 0.445. The number of aromatic nitrogens is 2. The van der Waals surface area contributed by atoms with Gasteiger partial charge in [-0.15, -0.1) is 0 Å². The number of carboxylic acid groups (broad SMARTS) is 1. The van der Waals surface area contributed by atoms with E-state index in [1.54, 1.807) is 61.8 Å². The number of hydrogen-bond donors (Lipinski definition) is 1. The molecule has 0 fully saturated rings. The van der Waals surface area contributed by atoms with Gasteiger partial charge >= 0.3 is 5.97 Å². The van der Waals surface area contributed by atoms with Crippen molar-refractivity contribution in [3.8, 4) is 17.4 Å². The highest BCUT2D eigenvalue weighted by atomic mass is 16.5. The lowest BCUT2D eigenvalue weighted by atomic mass is 10.0. The average molecular weight is 489 g/mol. The van der Waals surface area contributed by atoms with E-state index < -0.39 is 12.1 Å². The van der Waals surface area contributed by atoms with Gasteiger partial charge in [-0.1, -0.05) is 19.1 Å². The molecule has 0 spiro atoms. The van der Waals surface area contributed by atoms with Crippen LogP contribution in [-0.2, 0) is 11.3 Å². The fourth-order valence-corrected chi connectivity index (χ4v) is 3.80. The Morgan fingerprint density at radius 1 is 1.06 bits per heavy atom. The Morgan fingerprint density at radius 3 is 2.53 bits per heavy atom. The summed E-state index contributed by atoms with van der Waals surface area (Å²) in [6.07, 6.45) is 1.67. The third-order valence-electron chi connectivity index (χ3n) is 5.66. The van der Waals surface area contributed by atoms with Gasteiger partial charge in [0, 0.05) is 35.3 Å². The van der Waals surface area contributed by atoms with Crippen LogP contribution >= 0.6 is 0 Å². The highest BCUT2D eigenvalue weighted by Gasteiger charge is 2.19. The molecule has 0 saturated heterocycles. The van der Waals surface area contributed by atoms with Crippen LogP contribution in [0.2, 0.25) is 0 Å². The number of fused-ring (bicyclic) bond motifs is 1. The first-order valence-corrected chi connectivity index (χ1v) is 11.7. The zero-order valence-electron chi connectivity index (χ0n) is 20.4. The number of benzene rings is 2. The van der Waals surface area contributed by atoms with Crippen LogP contribution in [0.1, 0.15) is 41.8 Å². The van der Waals surface area contributed by atoms with Crippen LogP contribution in [-0.4, -0.2) is 46.2 Å². The van der Waals surface area contributed by atoms with Crippen LogP contribution < -0.4 is 14.2 Å². The SMILES string of the molecule is CCCOc1ccc2c(C(=O)c3ccc(OC)cc3)cn(Cc3cccc(OC(C)C(=O)O)c3)c2n1. The molecule has 2 aromatic heterocycles. The third-order valence-corrected chi connectivity index (χ3v) is 5.66. The fraction of sp³-hybridized carbons (Fsp3) is 0.250. The molecular weight excluding hydrogens is 460 g/mol. The lowest BCUT2D eigenvalue weighted by Crippen LogP contribution is -2.22. The lowest BCUT2D eigenvalue weighted by Gasteiger charge is -2.12. The monoisotopic (exact) mass is 488 g/mol. The summed E-state index contributed by atoms with van der Waals surface area (Å²) in [4.78, 5) is 29.3. The first-order valence-electron chi connectivity index (χ1n) is 11.7. The summed E-state index contributed by atoms with van der Waals surface area (Å²) in [6, 6.07) is 17.8. The van der Waals surface area contributed by atoms with Crippen molar-refractivity contribution < 1.29 is 28.9 Å². The zero-order valence-corrected chi connectivity index (χ0v) is 20.4. The van der Waals surface area contributed by atoms with E-state index in [9.17, 15) is 9.59 Å². The maximum atomic E-state index is 13.4. The minimum absolute atomic E-state index is 0.127. The number of aliphatic carboxylic acids is 1. The predicted octanol–water partition coefficient (Wildman–Crippen LogP) is 4.96. The molecule has 2 heterocycles. The van der Waals surface area contributed by atoms with Crippen LogP contribution in [0, 0.1) is 0 Å². The molecule has 186 valence electrons. The van der Waals surface area contributed by atoms with E-state index in [1.807, 2.05) is 23.6 Å². The predicted molar refractivity (Wildman–Crippen MR) is 135 cm³/mol. The van der Waals surface area contributed by atoms with Gasteiger partial charge in [0.05, 0.1) is 13.7 Å². The number of pyridine rings is 1. The number of ether oxygens (including phenoxy) is 3. The Morgan fingerprint density at radius 2 is 1.83 bits per heavy atom. The van der Waals surface area contributed by atoms with E-state index in [2.05, 4.69) is 4.98 Å². The number of hydrogen-bond acceptors (Lipinski definition) is 6. The van der Waals surface area contributed by atoms with Gasteiger partial charge in [-0.05, 0) is 61.4 Å². The Bertz CT molecular complexity index is 1380. The molecule has 1 N–H and O–H groups in total. The molecule has 0 saturated carbocycles. The standard InChI is InChI=1S/C28H28N2O6/c1-4-14-35-25-13-12-23-24(26(31)20-8-10-21(34-3)11-9-20)17-30(27(23)29-25)16-19-6-5-7-22(15-19)36-18(2)28(32)33/h5-13,15,17-18H,4,14,16H2,1-3H3,(H,32,33). The van der Waals surface area contributed by atoms with E-state index in [4.69, 9.17) is 19.3 Å². The maximum Gasteiger partial charge on any atom is 0.344 e. The number of carbonyl (C=O) groups excluding carboxylic acids is 1. The summed E-state index contributed by atoms with van der Waals surface area (Å²) >= 11 is 0. The highest BCUT2D eigenvalue weighted by Crippen LogP contribution is 2.27. The highest BCUT2D eigenvalue weighted by molar-refractivity contribution is 6.16. The molecule has 8 heteroatoms. The first-order chi connectivity index (χ1) is 17.4. The van der Waals surface area contributed by atoms with Gasteiger partial charge in [-0.2, -0.15) is 4.98 Å². The lowest BCUT2D eigenvalue weighted by molar-refractivity contribution is -0.144. The summed E-state index contributed by atoms with van der Waals surface area (Å²) in [5.41, 5.74) is 2.55. The number of ketones is 1. The van der Waals surface area contributed by atoms with Crippen molar-refractivity contribution in [1.82, 2.24) is 9.55 Å². The van der Waals surface area contributed by atoms with Gasteiger partial charge in [0.2, 0.25) is 5.88 Å². The topological polar surface area (TPSA) is 99.9 Å². The molecule has 0 aliphatic heterocycles. The van der Waals surface area contributed by atoms with Crippen LogP contribution in [0.25, 0.3) is 11.0 Å². The second-order valence-corrected chi connectivity index (χ2v) is 8.34. The molecule has 1 atom stereocenters. The van der Waals surface area contributed by atoms with Crippen LogP contribution in [0.5, 0.6) is 17.4 Å². The quantitative estimate of drug-likeness (QED) is 0.298. The number of nitrogens with zero attached hydrogens (tertiary/aromatic N) is 2. The number of carboxylic acids is 1. The van der Waals surface area contributed by atoms with E-state index in [1.165, 1.54) is 6.92 Å². The smallest absolute Gasteiger partial charge is 0.344 e. The molecule has 0 aliphatic carbocycles. The Labute approximate surface area is 209 Å². The normalized spacial score (nSPS) is 11.8. The second-order valence-electron chi connectivity index (χ2n) is 8.34. The molecule has 0 amide bonds. The molecule has 4 rings (SSSR count). The van der Waals surface area contributed by atoms with Gasteiger partial charge in [0.15, 0.2) is 11.9 Å². The number of carbonyl (C=O) groups is 2. The Balaban J connectivity index is 1.72. The van der Waals surface area contributed by atoms with Gasteiger partial charge in [0.25, 0.3) is 0 Å². The molecule has 36 heavy (non-hydrogen) atoms. The van der Waals surface area contributed by atoms with Gasteiger partial charge in [0.1, 0.15) is 17.1 Å². The second kappa shape index (κ2) is 10.9. The van der Waals surface area contributed by atoms with Crippen molar-refractivity contribution in [3.05, 3.63) is 83.6 Å². The van der Waals surface area contributed by atoms with Crippen molar-refractivity contribution in [2.24, 2.45) is 0 Å². The van der Waals surface area contributed by atoms with Crippen LogP contribution in [0.3, 0.4) is 0 Å². The number of methoxy groups -OCH3 is 1. The van der Waals surface area contributed by atoms with Crippen LogP contribution in [0.4, 0.5) is 0 Å². The van der Waals surface area contributed by atoms with Crippen molar-refractivity contribution >= 4 is 22.8 Å². The Hall–Kier alpha value is -4.33. The third kappa shape index (κ3) is 5.49. The van der Waals surface area contributed by atoms with Crippen LogP contribution in [0.15, 0.2) is 66.9 Å². The van der Waals surface area contributed by atoms with Crippen molar-refractivity contribution in [1.29, 1.82) is 0 Å². The summed E-state index contributed by atoms with van der Waals surface area (Å²) in [6.45, 7) is 4.44. The molecule has 2 aromatic carbocycles. The molecule has 0 aliphatic rings. The summed E-state index contributed by atoms with van der Waals surface area (Å²) in [5, 5.41) is 9.86. The van der Waals surface area contributed by atoms with E-state index in [0.717, 1.165) is 12.0 Å². The van der Waals surface area contributed by atoms with Gasteiger partial charge in [-0.3, -0.25) is 4.79 Å². The van der Waals surface area contributed by atoms with Gasteiger partial charge in [-0.25, -0.2) is 4.79 Å². The summed E-state index contributed by atoms with van der Waals surface area (Å²) in [7, 11) is 1.58. The maximum absolute atomic E-state index is 13.4.